The first-order valence-electron chi connectivity index (χ1n) is 9.25. The topological polar surface area (TPSA) is 74.5 Å². The number of methoxy groups -OCH3 is 2. The van der Waals surface area contributed by atoms with Gasteiger partial charge in [0.25, 0.3) is 0 Å². The number of nitrogens with zero attached hydrogens (tertiary/aromatic N) is 5. The zero-order valence-electron chi connectivity index (χ0n) is 16.1. The van der Waals surface area contributed by atoms with E-state index in [1.54, 1.807) is 32.5 Å². The summed E-state index contributed by atoms with van der Waals surface area (Å²) in [4.78, 5) is 6.38. The van der Waals surface area contributed by atoms with Gasteiger partial charge < -0.3 is 19.1 Å². The van der Waals surface area contributed by atoms with Gasteiger partial charge in [-0.1, -0.05) is 6.07 Å². The Kier molecular flexibility index (Phi) is 4.21. The third-order valence-corrected chi connectivity index (χ3v) is 5.41. The summed E-state index contributed by atoms with van der Waals surface area (Å²) in [5.41, 5.74) is 2.34. The Labute approximate surface area is 166 Å². The van der Waals surface area contributed by atoms with Crippen LogP contribution >= 0.6 is 0 Å². The molecule has 29 heavy (non-hydrogen) atoms. The third kappa shape index (κ3) is 2.85. The van der Waals surface area contributed by atoms with E-state index in [1.807, 2.05) is 16.7 Å². The van der Waals surface area contributed by atoms with E-state index in [1.165, 1.54) is 6.07 Å². The van der Waals surface area contributed by atoms with Gasteiger partial charge in [-0.05, 0) is 29.3 Å². The van der Waals surface area contributed by atoms with Crippen molar-refractivity contribution in [3.05, 3.63) is 59.3 Å². The molecule has 5 rings (SSSR count). The SMILES string of the molecule is COCc1nnc(N2CC3(C2)OCc2cc(F)ccc23)n1-c1ccc(OC)nc1. The molecule has 0 unspecified atom stereocenters. The van der Waals surface area contributed by atoms with Gasteiger partial charge in [-0.15, -0.1) is 10.2 Å². The zero-order valence-corrected chi connectivity index (χ0v) is 16.1. The van der Waals surface area contributed by atoms with E-state index < -0.39 is 5.60 Å². The fourth-order valence-electron chi connectivity index (χ4n) is 4.02. The van der Waals surface area contributed by atoms with Crippen molar-refractivity contribution < 1.29 is 18.6 Å². The maximum Gasteiger partial charge on any atom is 0.232 e. The molecule has 9 heteroatoms. The Morgan fingerprint density at radius 2 is 2.03 bits per heavy atom. The van der Waals surface area contributed by atoms with E-state index in [0.717, 1.165) is 16.8 Å². The number of aromatic nitrogens is 4. The molecule has 0 amide bonds. The number of pyridine rings is 1. The van der Waals surface area contributed by atoms with Crippen LogP contribution in [-0.2, 0) is 28.3 Å². The lowest BCUT2D eigenvalue weighted by atomic mass is 9.85. The van der Waals surface area contributed by atoms with Crippen LogP contribution < -0.4 is 9.64 Å². The number of ether oxygens (including phenoxy) is 3. The van der Waals surface area contributed by atoms with Gasteiger partial charge in [-0.2, -0.15) is 0 Å². The molecule has 2 aliphatic rings. The van der Waals surface area contributed by atoms with Crippen LogP contribution in [0.25, 0.3) is 5.69 Å². The second-order valence-electron chi connectivity index (χ2n) is 7.18. The van der Waals surface area contributed by atoms with E-state index in [2.05, 4.69) is 20.1 Å². The van der Waals surface area contributed by atoms with Crippen molar-refractivity contribution in [2.45, 2.75) is 18.8 Å². The number of rotatable bonds is 5. The van der Waals surface area contributed by atoms with Crippen LogP contribution in [0.2, 0.25) is 0 Å². The zero-order chi connectivity index (χ0) is 20.0. The lowest BCUT2D eigenvalue weighted by molar-refractivity contribution is -0.0591. The van der Waals surface area contributed by atoms with E-state index in [-0.39, 0.29) is 5.82 Å². The summed E-state index contributed by atoms with van der Waals surface area (Å²) < 4.78 is 32.0. The van der Waals surface area contributed by atoms with E-state index >= 15 is 0 Å². The van der Waals surface area contributed by atoms with Gasteiger partial charge in [0.05, 0.1) is 38.7 Å². The summed E-state index contributed by atoms with van der Waals surface area (Å²) in [6, 6.07) is 8.55. The summed E-state index contributed by atoms with van der Waals surface area (Å²) in [5, 5.41) is 8.68. The average Bonchev–Trinajstić information content (AvgIpc) is 3.28. The molecule has 1 saturated heterocycles. The number of halogens is 1. The highest BCUT2D eigenvalue weighted by Crippen LogP contribution is 2.45. The van der Waals surface area contributed by atoms with Crippen molar-refractivity contribution in [3.63, 3.8) is 0 Å². The fourth-order valence-corrected chi connectivity index (χ4v) is 4.02. The van der Waals surface area contributed by atoms with Crippen molar-refractivity contribution in [2.75, 3.05) is 32.2 Å². The minimum Gasteiger partial charge on any atom is -0.481 e. The first kappa shape index (κ1) is 18.0. The molecule has 150 valence electrons. The van der Waals surface area contributed by atoms with Crippen molar-refractivity contribution in [1.29, 1.82) is 0 Å². The second-order valence-corrected chi connectivity index (χ2v) is 7.18. The van der Waals surface area contributed by atoms with Gasteiger partial charge >= 0.3 is 0 Å². The minimum absolute atomic E-state index is 0.239. The minimum atomic E-state index is -0.431. The monoisotopic (exact) mass is 397 g/mol. The number of hydrogen-bond donors (Lipinski definition) is 0. The number of hydrogen-bond acceptors (Lipinski definition) is 7. The van der Waals surface area contributed by atoms with Crippen molar-refractivity contribution in [3.8, 4) is 11.6 Å². The normalized spacial score (nSPS) is 16.7. The molecule has 0 aliphatic carbocycles. The highest BCUT2D eigenvalue weighted by atomic mass is 19.1. The Morgan fingerprint density at radius 1 is 1.17 bits per heavy atom. The lowest BCUT2D eigenvalue weighted by Crippen LogP contribution is -2.60. The maximum atomic E-state index is 13.5. The van der Waals surface area contributed by atoms with Gasteiger partial charge in [0.1, 0.15) is 18.0 Å². The predicted octanol–water partition coefficient (Wildman–Crippen LogP) is 2.20. The molecule has 8 nitrogen and oxygen atoms in total. The molecule has 0 bridgehead atoms. The molecule has 1 aromatic carbocycles. The summed E-state index contributed by atoms with van der Waals surface area (Å²) >= 11 is 0. The molecule has 2 aliphatic heterocycles. The number of benzene rings is 1. The van der Waals surface area contributed by atoms with Crippen LogP contribution in [0.15, 0.2) is 36.5 Å². The molecule has 0 radical (unpaired) electrons. The molecule has 1 spiro atoms. The first-order valence-corrected chi connectivity index (χ1v) is 9.25. The van der Waals surface area contributed by atoms with Crippen molar-refractivity contribution in [1.82, 2.24) is 19.7 Å². The van der Waals surface area contributed by atoms with Gasteiger partial charge in [0.15, 0.2) is 5.82 Å². The van der Waals surface area contributed by atoms with Crippen LogP contribution in [0, 0.1) is 5.82 Å². The molecule has 0 atom stereocenters. The summed E-state index contributed by atoms with van der Waals surface area (Å²) in [6.07, 6.45) is 1.71. The summed E-state index contributed by atoms with van der Waals surface area (Å²) in [7, 11) is 3.19. The quantitative estimate of drug-likeness (QED) is 0.653. The van der Waals surface area contributed by atoms with Crippen LogP contribution in [0.4, 0.5) is 10.3 Å². The standard InChI is InChI=1S/C20H20FN5O3/c1-27-10-17-23-24-19(26(17)15-4-6-18(28-2)22-8-15)25-11-20(12-25)16-5-3-14(21)7-13(16)9-29-20/h3-8H,9-12H2,1-2H3. The largest absolute Gasteiger partial charge is 0.481 e. The average molecular weight is 397 g/mol. The molecule has 2 aromatic heterocycles. The Morgan fingerprint density at radius 3 is 2.76 bits per heavy atom. The van der Waals surface area contributed by atoms with Crippen molar-refractivity contribution >= 4 is 5.95 Å². The van der Waals surface area contributed by atoms with E-state index in [9.17, 15) is 4.39 Å². The Balaban J connectivity index is 1.46. The van der Waals surface area contributed by atoms with Gasteiger partial charge in [-0.3, -0.25) is 4.57 Å². The third-order valence-electron chi connectivity index (χ3n) is 5.41. The van der Waals surface area contributed by atoms with Crippen LogP contribution in [-0.4, -0.2) is 47.1 Å². The first-order chi connectivity index (χ1) is 14.1. The fraction of sp³-hybridized carbons (Fsp3) is 0.350. The van der Waals surface area contributed by atoms with Gasteiger partial charge in [0, 0.05) is 13.2 Å². The molecular formula is C20H20FN5O3. The number of fused-ring (bicyclic) bond motifs is 2. The number of anilines is 1. The highest BCUT2D eigenvalue weighted by Gasteiger charge is 2.51. The molecule has 1 fully saturated rings. The Bertz CT molecular complexity index is 1050. The molecular weight excluding hydrogens is 377 g/mol. The Hall–Kier alpha value is -3.04. The second kappa shape index (κ2) is 6.78. The summed E-state index contributed by atoms with van der Waals surface area (Å²) in [5.74, 6) is 1.65. The maximum absolute atomic E-state index is 13.5. The smallest absolute Gasteiger partial charge is 0.232 e. The molecule has 0 N–H and O–H groups in total. The van der Waals surface area contributed by atoms with Crippen LogP contribution in [0.5, 0.6) is 5.88 Å². The van der Waals surface area contributed by atoms with E-state index in [0.29, 0.717) is 44.0 Å². The van der Waals surface area contributed by atoms with Crippen LogP contribution in [0.3, 0.4) is 0 Å². The van der Waals surface area contributed by atoms with Crippen LogP contribution in [0.1, 0.15) is 17.0 Å². The highest BCUT2D eigenvalue weighted by molar-refractivity contribution is 5.51. The molecule has 0 saturated carbocycles. The van der Waals surface area contributed by atoms with Crippen molar-refractivity contribution in [2.24, 2.45) is 0 Å². The van der Waals surface area contributed by atoms with Gasteiger partial charge in [0.2, 0.25) is 11.8 Å². The predicted molar refractivity (Wildman–Crippen MR) is 101 cm³/mol. The molecule has 4 heterocycles. The van der Waals surface area contributed by atoms with Gasteiger partial charge in [-0.25, -0.2) is 9.37 Å². The lowest BCUT2D eigenvalue weighted by Gasteiger charge is -2.47. The summed E-state index contributed by atoms with van der Waals surface area (Å²) in [6.45, 7) is 1.96. The van der Waals surface area contributed by atoms with E-state index in [4.69, 9.17) is 14.2 Å². The molecule has 3 aromatic rings.